The lowest BCUT2D eigenvalue weighted by Crippen LogP contribution is -2.04. The standard InChI is InChI=1S/C28H17BrN4/c29-22-8-5-11-25(32-23-9-3-1-6-18(23)20-12-14-30-16-26(20)32)28(22)33-24-10-4-2-7-19(24)21-13-15-31-17-27(21)33/h1-17H. The van der Waals surface area contributed by atoms with E-state index in [9.17, 15) is 0 Å². The van der Waals surface area contributed by atoms with Gasteiger partial charge in [0.25, 0.3) is 0 Å². The zero-order valence-corrected chi connectivity index (χ0v) is 19.1. The molecule has 3 aromatic carbocycles. The molecule has 0 aliphatic carbocycles. The van der Waals surface area contributed by atoms with E-state index < -0.39 is 0 Å². The summed E-state index contributed by atoms with van der Waals surface area (Å²) in [5.74, 6) is 0. The molecule has 0 aliphatic rings. The molecule has 0 saturated carbocycles. The van der Waals surface area contributed by atoms with Gasteiger partial charge in [0.2, 0.25) is 0 Å². The van der Waals surface area contributed by atoms with Gasteiger partial charge in [-0.25, -0.2) is 0 Å². The minimum atomic E-state index is 1.02. The predicted octanol–water partition coefficient (Wildman–Crippen LogP) is 7.43. The third-order valence-corrected chi connectivity index (χ3v) is 7.02. The SMILES string of the molecule is Brc1cccc(-n2c3ccccc3c3ccncc32)c1-n1c2ccccc2c2ccncc21. The van der Waals surface area contributed by atoms with Crippen LogP contribution in [0.25, 0.3) is 55.0 Å². The molecule has 0 saturated heterocycles. The van der Waals surface area contributed by atoms with Crippen LogP contribution in [0.1, 0.15) is 0 Å². The summed E-state index contributed by atoms with van der Waals surface area (Å²) in [6.45, 7) is 0. The molecule has 5 heteroatoms. The van der Waals surface area contributed by atoms with Crippen molar-refractivity contribution in [3.05, 3.63) is 108 Å². The van der Waals surface area contributed by atoms with Gasteiger partial charge in [0.15, 0.2) is 0 Å². The van der Waals surface area contributed by atoms with Crippen LogP contribution in [-0.2, 0) is 0 Å². The molecule has 156 valence electrons. The van der Waals surface area contributed by atoms with Gasteiger partial charge in [-0.2, -0.15) is 0 Å². The first-order chi connectivity index (χ1) is 16.3. The third kappa shape index (κ3) is 2.57. The molecule has 4 heterocycles. The first-order valence-corrected chi connectivity index (χ1v) is 11.6. The Hall–Kier alpha value is -3.96. The molecular formula is C28H17BrN4. The van der Waals surface area contributed by atoms with E-state index in [-0.39, 0.29) is 0 Å². The largest absolute Gasteiger partial charge is 0.306 e. The monoisotopic (exact) mass is 488 g/mol. The van der Waals surface area contributed by atoms with Gasteiger partial charge in [-0.1, -0.05) is 42.5 Å². The zero-order chi connectivity index (χ0) is 21.9. The minimum Gasteiger partial charge on any atom is -0.306 e. The van der Waals surface area contributed by atoms with Crippen molar-refractivity contribution in [3.63, 3.8) is 0 Å². The van der Waals surface area contributed by atoms with Gasteiger partial charge in [-0.05, 0) is 52.3 Å². The quantitative estimate of drug-likeness (QED) is 0.253. The second kappa shape index (κ2) is 7.02. The highest BCUT2D eigenvalue weighted by Crippen LogP contribution is 2.40. The first kappa shape index (κ1) is 18.6. The minimum absolute atomic E-state index is 1.02. The van der Waals surface area contributed by atoms with Crippen LogP contribution in [0.4, 0.5) is 0 Å². The van der Waals surface area contributed by atoms with E-state index in [1.165, 1.54) is 21.5 Å². The van der Waals surface area contributed by atoms with Gasteiger partial charge in [-0.3, -0.25) is 9.97 Å². The number of benzene rings is 3. The number of halogens is 1. The topological polar surface area (TPSA) is 35.6 Å². The average molecular weight is 489 g/mol. The molecule has 0 atom stereocenters. The Morgan fingerprint density at radius 1 is 0.515 bits per heavy atom. The summed E-state index contributed by atoms with van der Waals surface area (Å²) >= 11 is 3.88. The Balaban J connectivity index is 1.69. The first-order valence-electron chi connectivity index (χ1n) is 10.8. The summed E-state index contributed by atoms with van der Waals surface area (Å²) in [5.41, 5.74) is 6.60. The van der Waals surface area contributed by atoms with Gasteiger partial charge in [0.05, 0.1) is 45.8 Å². The maximum atomic E-state index is 4.46. The molecule has 0 amide bonds. The van der Waals surface area contributed by atoms with E-state index >= 15 is 0 Å². The van der Waals surface area contributed by atoms with E-state index in [0.29, 0.717) is 0 Å². The molecule has 7 rings (SSSR count). The van der Waals surface area contributed by atoms with Gasteiger partial charge in [0.1, 0.15) is 0 Å². The molecule has 0 aliphatic heterocycles. The summed E-state index contributed by atoms with van der Waals surface area (Å²) in [6, 6.07) is 27.6. The molecule has 0 fully saturated rings. The fourth-order valence-electron chi connectivity index (χ4n) is 5.04. The Kier molecular flexibility index (Phi) is 3.96. The normalized spacial score (nSPS) is 11.8. The fourth-order valence-corrected chi connectivity index (χ4v) is 5.58. The molecule has 7 aromatic rings. The average Bonchev–Trinajstić information content (AvgIpc) is 3.37. The van der Waals surface area contributed by atoms with Crippen LogP contribution in [0, 0.1) is 0 Å². The van der Waals surface area contributed by atoms with Gasteiger partial charge >= 0.3 is 0 Å². The van der Waals surface area contributed by atoms with Crippen molar-refractivity contribution in [2.24, 2.45) is 0 Å². The third-order valence-electron chi connectivity index (χ3n) is 6.38. The molecule has 0 N–H and O–H groups in total. The van der Waals surface area contributed by atoms with Crippen LogP contribution in [0.2, 0.25) is 0 Å². The Morgan fingerprint density at radius 2 is 1.06 bits per heavy atom. The van der Waals surface area contributed by atoms with Crippen LogP contribution < -0.4 is 0 Å². The molecule has 0 bridgehead atoms. The molecular weight excluding hydrogens is 472 g/mol. The number of para-hydroxylation sites is 3. The van der Waals surface area contributed by atoms with E-state index in [1.54, 1.807) is 0 Å². The molecule has 0 spiro atoms. The van der Waals surface area contributed by atoms with Crippen LogP contribution in [-0.4, -0.2) is 19.1 Å². The smallest absolute Gasteiger partial charge is 0.0847 e. The van der Waals surface area contributed by atoms with Crippen molar-refractivity contribution in [3.8, 4) is 11.4 Å². The maximum Gasteiger partial charge on any atom is 0.0847 e. The molecule has 0 radical (unpaired) electrons. The zero-order valence-electron chi connectivity index (χ0n) is 17.5. The number of hydrogen-bond donors (Lipinski definition) is 0. The number of nitrogens with zero attached hydrogens (tertiary/aromatic N) is 4. The number of rotatable bonds is 2. The fraction of sp³-hybridized carbons (Fsp3) is 0. The highest BCUT2D eigenvalue weighted by atomic mass is 79.9. The highest BCUT2D eigenvalue weighted by molar-refractivity contribution is 9.10. The summed E-state index contributed by atoms with van der Waals surface area (Å²) in [4.78, 5) is 8.92. The van der Waals surface area contributed by atoms with Crippen molar-refractivity contribution in [2.45, 2.75) is 0 Å². The summed E-state index contributed by atoms with van der Waals surface area (Å²) in [6.07, 6.45) is 7.62. The van der Waals surface area contributed by atoms with Crippen molar-refractivity contribution in [2.75, 3.05) is 0 Å². The van der Waals surface area contributed by atoms with Crippen LogP contribution >= 0.6 is 15.9 Å². The van der Waals surface area contributed by atoms with Crippen LogP contribution in [0.3, 0.4) is 0 Å². The maximum absolute atomic E-state index is 4.46. The molecule has 0 unspecified atom stereocenters. The van der Waals surface area contributed by atoms with Crippen molar-refractivity contribution in [1.29, 1.82) is 0 Å². The predicted molar refractivity (Wildman–Crippen MR) is 138 cm³/mol. The van der Waals surface area contributed by atoms with Crippen LogP contribution in [0.5, 0.6) is 0 Å². The molecule has 33 heavy (non-hydrogen) atoms. The number of aromatic nitrogens is 4. The summed E-state index contributed by atoms with van der Waals surface area (Å²) < 4.78 is 5.64. The Morgan fingerprint density at radius 3 is 1.73 bits per heavy atom. The lowest BCUT2D eigenvalue weighted by atomic mass is 10.2. The molecule has 4 nitrogen and oxygen atoms in total. The van der Waals surface area contributed by atoms with E-state index in [2.05, 4.69) is 114 Å². The van der Waals surface area contributed by atoms with Crippen LogP contribution in [0.15, 0.2) is 108 Å². The van der Waals surface area contributed by atoms with Crippen molar-refractivity contribution in [1.82, 2.24) is 19.1 Å². The van der Waals surface area contributed by atoms with Gasteiger partial charge in [-0.15, -0.1) is 0 Å². The summed E-state index contributed by atoms with van der Waals surface area (Å²) in [5, 5.41) is 4.80. The van der Waals surface area contributed by atoms with E-state index in [4.69, 9.17) is 0 Å². The van der Waals surface area contributed by atoms with Gasteiger partial charge < -0.3 is 9.13 Å². The lowest BCUT2D eigenvalue weighted by molar-refractivity contribution is 1.08. The number of pyridine rings is 2. The summed E-state index contributed by atoms with van der Waals surface area (Å²) in [7, 11) is 0. The van der Waals surface area contributed by atoms with E-state index in [1.807, 2.05) is 24.8 Å². The number of hydrogen-bond acceptors (Lipinski definition) is 2. The van der Waals surface area contributed by atoms with E-state index in [0.717, 1.165) is 37.9 Å². The second-order valence-corrected chi connectivity index (χ2v) is 8.95. The molecule has 4 aromatic heterocycles. The highest BCUT2D eigenvalue weighted by Gasteiger charge is 2.20. The Labute approximate surface area is 197 Å². The number of fused-ring (bicyclic) bond motifs is 6. The van der Waals surface area contributed by atoms with Crippen molar-refractivity contribution < 1.29 is 0 Å². The van der Waals surface area contributed by atoms with Crippen molar-refractivity contribution >= 4 is 59.5 Å². The van der Waals surface area contributed by atoms with Gasteiger partial charge in [0, 0.05) is 38.4 Å². The second-order valence-electron chi connectivity index (χ2n) is 8.10. The lowest BCUT2D eigenvalue weighted by Gasteiger charge is -2.18. The Bertz CT molecular complexity index is 1740.